The van der Waals surface area contributed by atoms with E-state index in [1.54, 1.807) is 43.5 Å². The van der Waals surface area contributed by atoms with Gasteiger partial charge in [0.25, 0.3) is 0 Å². The van der Waals surface area contributed by atoms with E-state index in [-0.39, 0.29) is 35.5 Å². The summed E-state index contributed by atoms with van der Waals surface area (Å²) in [6, 6.07) is 10.2. The summed E-state index contributed by atoms with van der Waals surface area (Å²) in [5.74, 6) is -0.510. The Morgan fingerprint density at radius 3 is 2.55 bits per heavy atom. The number of para-hydroxylation sites is 2. The number of aromatic nitrogens is 3. The van der Waals surface area contributed by atoms with Gasteiger partial charge < -0.3 is 10.3 Å². The number of sulfonamides is 1. The monoisotopic (exact) mass is 441 g/mol. The lowest BCUT2D eigenvalue weighted by Crippen LogP contribution is -2.41. The second kappa shape index (κ2) is 8.48. The Kier molecular flexibility index (Phi) is 5.75. The molecule has 1 saturated heterocycles. The van der Waals surface area contributed by atoms with Crippen molar-refractivity contribution in [2.24, 2.45) is 5.92 Å². The molecule has 0 radical (unpaired) electrons. The maximum absolute atomic E-state index is 12.9. The topological polar surface area (TPSA) is 117 Å². The average Bonchev–Trinajstić information content (AvgIpc) is 3.12. The van der Waals surface area contributed by atoms with E-state index in [9.17, 15) is 18.0 Å². The van der Waals surface area contributed by atoms with Crippen molar-refractivity contribution in [2.45, 2.75) is 24.7 Å². The number of nitrogens with zero attached hydrogens (tertiary/aromatic N) is 3. The Bertz CT molecular complexity index is 1240. The van der Waals surface area contributed by atoms with Crippen LogP contribution in [0.5, 0.6) is 0 Å². The van der Waals surface area contributed by atoms with Gasteiger partial charge in [-0.25, -0.2) is 13.2 Å². The third kappa shape index (κ3) is 4.17. The number of hydrogen-bond acceptors (Lipinski definition) is 5. The van der Waals surface area contributed by atoms with Crippen LogP contribution < -0.4 is 11.0 Å². The molecule has 0 aliphatic carbocycles. The lowest BCUT2D eigenvalue weighted by molar-refractivity contribution is -0.120. The largest absolute Gasteiger partial charge is 0.330 e. The zero-order valence-electron chi connectivity index (χ0n) is 17.0. The number of carbonyl (C=O) groups excluding carboxylic acids is 1. The molecule has 31 heavy (non-hydrogen) atoms. The van der Waals surface area contributed by atoms with E-state index in [0.717, 1.165) is 5.69 Å². The van der Waals surface area contributed by atoms with Gasteiger partial charge in [-0.15, -0.1) is 0 Å². The van der Waals surface area contributed by atoms with E-state index in [1.165, 1.54) is 27.3 Å². The summed E-state index contributed by atoms with van der Waals surface area (Å²) < 4.78 is 28.4. The first-order chi connectivity index (χ1) is 14.9. The third-order valence-electron chi connectivity index (χ3n) is 5.46. The number of rotatable bonds is 5. The number of H-pyrrole nitrogens is 1. The minimum Gasteiger partial charge on any atom is -0.324 e. The lowest BCUT2D eigenvalue weighted by Gasteiger charge is -2.30. The van der Waals surface area contributed by atoms with Crippen molar-refractivity contribution in [1.82, 2.24) is 18.8 Å². The van der Waals surface area contributed by atoms with Crippen molar-refractivity contribution in [3.63, 3.8) is 0 Å². The van der Waals surface area contributed by atoms with Crippen LogP contribution in [0.3, 0.4) is 0 Å². The fraction of sp³-hybridized carbons (Fsp3) is 0.286. The molecule has 10 heteroatoms. The molecular formula is C21H23N5O4S. The van der Waals surface area contributed by atoms with Gasteiger partial charge in [0.05, 0.1) is 11.4 Å². The summed E-state index contributed by atoms with van der Waals surface area (Å²) in [4.78, 5) is 31.7. The minimum absolute atomic E-state index is 0.152. The summed E-state index contributed by atoms with van der Waals surface area (Å²) in [6.07, 6.45) is 5.29. The van der Waals surface area contributed by atoms with Gasteiger partial charge >= 0.3 is 5.69 Å². The van der Waals surface area contributed by atoms with Crippen molar-refractivity contribution in [2.75, 3.05) is 18.4 Å². The lowest BCUT2D eigenvalue weighted by atomic mass is 9.97. The number of carbonyl (C=O) groups is 1. The smallest absolute Gasteiger partial charge is 0.324 e. The van der Waals surface area contributed by atoms with Crippen molar-refractivity contribution >= 4 is 21.6 Å². The molecule has 0 saturated carbocycles. The first-order valence-electron chi connectivity index (χ1n) is 9.95. The van der Waals surface area contributed by atoms with Crippen LogP contribution in [0.15, 0.2) is 64.7 Å². The van der Waals surface area contributed by atoms with E-state index in [0.29, 0.717) is 24.2 Å². The van der Waals surface area contributed by atoms with Gasteiger partial charge in [-0.1, -0.05) is 12.1 Å². The maximum Gasteiger partial charge on any atom is 0.330 e. The Balaban J connectivity index is 1.46. The van der Waals surface area contributed by atoms with Crippen molar-refractivity contribution in [3.05, 3.63) is 71.2 Å². The molecule has 3 heterocycles. The fourth-order valence-corrected chi connectivity index (χ4v) is 5.21. The van der Waals surface area contributed by atoms with Crippen LogP contribution in [-0.2, 0) is 14.8 Å². The van der Waals surface area contributed by atoms with Gasteiger partial charge in [0.15, 0.2) is 0 Å². The van der Waals surface area contributed by atoms with E-state index in [4.69, 9.17) is 0 Å². The molecule has 1 aliphatic heterocycles. The van der Waals surface area contributed by atoms with Gasteiger partial charge in [-0.05, 0) is 44.0 Å². The predicted molar refractivity (Wildman–Crippen MR) is 115 cm³/mol. The number of piperidine rings is 1. The van der Waals surface area contributed by atoms with Gasteiger partial charge in [0, 0.05) is 43.3 Å². The molecule has 1 aromatic carbocycles. The standard InChI is InChI=1S/C21H23N5O4S/c1-15-13-23-21(28)26(15)19-7-3-2-6-18(19)24-20(27)16-8-11-25(12-9-16)31(29,30)17-5-4-10-22-14-17/h2-7,10,13-14,16H,8-9,11-12H2,1H3,(H,23,28)(H,24,27). The highest BCUT2D eigenvalue weighted by atomic mass is 32.2. The van der Waals surface area contributed by atoms with Crippen molar-refractivity contribution in [1.29, 1.82) is 0 Å². The second-order valence-corrected chi connectivity index (χ2v) is 9.38. The maximum atomic E-state index is 12.9. The van der Waals surface area contributed by atoms with Gasteiger partial charge in [0.2, 0.25) is 15.9 Å². The van der Waals surface area contributed by atoms with Gasteiger partial charge in [-0.2, -0.15) is 4.31 Å². The number of amides is 1. The molecule has 1 aliphatic rings. The molecule has 0 atom stereocenters. The van der Waals surface area contributed by atoms with Crippen LogP contribution in [0.4, 0.5) is 5.69 Å². The predicted octanol–water partition coefficient (Wildman–Crippen LogP) is 1.91. The van der Waals surface area contributed by atoms with E-state index < -0.39 is 10.0 Å². The quantitative estimate of drug-likeness (QED) is 0.627. The van der Waals surface area contributed by atoms with Crippen LogP contribution in [0.1, 0.15) is 18.5 Å². The number of benzene rings is 1. The zero-order chi connectivity index (χ0) is 22.0. The summed E-state index contributed by atoms with van der Waals surface area (Å²) >= 11 is 0. The average molecular weight is 442 g/mol. The summed E-state index contributed by atoms with van der Waals surface area (Å²) in [5.41, 5.74) is 1.55. The molecule has 0 spiro atoms. The molecule has 4 rings (SSSR count). The fourth-order valence-electron chi connectivity index (χ4n) is 3.77. The SMILES string of the molecule is Cc1c[nH]c(=O)n1-c1ccccc1NC(=O)C1CCN(S(=O)(=O)c2cccnc2)CC1. The van der Waals surface area contributed by atoms with Crippen LogP contribution in [0.2, 0.25) is 0 Å². The Morgan fingerprint density at radius 2 is 1.90 bits per heavy atom. The highest BCUT2D eigenvalue weighted by Gasteiger charge is 2.32. The first-order valence-corrected chi connectivity index (χ1v) is 11.4. The number of pyridine rings is 1. The van der Waals surface area contributed by atoms with Crippen molar-refractivity contribution < 1.29 is 13.2 Å². The Labute approximate surface area is 179 Å². The minimum atomic E-state index is -3.62. The number of imidazole rings is 1. The number of hydrogen-bond donors (Lipinski definition) is 2. The van der Waals surface area contributed by atoms with Gasteiger partial charge in [0.1, 0.15) is 4.90 Å². The van der Waals surface area contributed by atoms with Crippen LogP contribution in [-0.4, -0.2) is 46.3 Å². The molecule has 3 aromatic rings. The van der Waals surface area contributed by atoms with Crippen molar-refractivity contribution in [3.8, 4) is 5.69 Å². The summed E-state index contributed by atoms with van der Waals surface area (Å²) in [7, 11) is -3.62. The molecular weight excluding hydrogens is 418 g/mol. The zero-order valence-corrected chi connectivity index (χ0v) is 17.8. The third-order valence-corrected chi connectivity index (χ3v) is 7.34. The van der Waals surface area contributed by atoms with Crippen LogP contribution in [0, 0.1) is 12.8 Å². The summed E-state index contributed by atoms with van der Waals surface area (Å²) in [6.45, 7) is 2.32. The Morgan fingerprint density at radius 1 is 1.16 bits per heavy atom. The van der Waals surface area contributed by atoms with Crippen LogP contribution >= 0.6 is 0 Å². The number of nitrogens with one attached hydrogen (secondary N) is 2. The number of aryl methyl sites for hydroxylation is 1. The Hall–Kier alpha value is -3.24. The van der Waals surface area contributed by atoms with E-state index in [2.05, 4.69) is 15.3 Å². The molecule has 1 amide bonds. The molecule has 2 aromatic heterocycles. The first kappa shape index (κ1) is 21.0. The van der Waals surface area contributed by atoms with Gasteiger partial charge in [-0.3, -0.25) is 14.3 Å². The van der Waals surface area contributed by atoms with Crippen LogP contribution in [0.25, 0.3) is 5.69 Å². The summed E-state index contributed by atoms with van der Waals surface area (Å²) in [5, 5.41) is 2.92. The van der Waals surface area contributed by atoms with E-state index >= 15 is 0 Å². The molecule has 0 bridgehead atoms. The van der Waals surface area contributed by atoms with E-state index in [1.807, 2.05) is 0 Å². The number of aromatic amines is 1. The highest BCUT2D eigenvalue weighted by Crippen LogP contribution is 2.26. The molecule has 9 nitrogen and oxygen atoms in total. The number of anilines is 1. The molecule has 0 unspecified atom stereocenters. The molecule has 1 fully saturated rings. The highest BCUT2D eigenvalue weighted by molar-refractivity contribution is 7.89. The molecule has 2 N–H and O–H groups in total. The molecule has 162 valence electrons. The normalized spacial score (nSPS) is 15.6. The second-order valence-electron chi connectivity index (χ2n) is 7.44.